The van der Waals surface area contributed by atoms with Crippen molar-refractivity contribution in [2.24, 2.45) is 0 Å². The third kappa shape index (κ3) is 2.67. The van der Waals surface area contributed by atoms with Crippen molar-refractivity contribution in [2.75, 3.05) is 18.2 Å². The normalized spacial score (nSPS) is 26.9. The van der Waals surface area contributed by atoms with E-state index in [-0.39, 0.29) is 5.97 Å². The summed E-state index contributed by atoms with van der Waals surface area (Å²) < 4.78 is 5.92. The lowest BCUT2D eigenvalue weighted by Gasteiger charge is -2.28. The highest BCUT2D eigenvalue weighted by atomic mass is 79.9. The zero-order valence-electron chi connectivity index (χ0n) is 10.4. The van der Waals surface area contributed by atoms with Gasteiger partial charge < -0.3 is 10.1 Å². The molecule has 1 aliphatic rings. The van der Waals surface area contributed by atoms with Crippen LogP contribution >= 0.6 is 27.7 Å². The van der Waals surface area contributed by atoms with Crippen LogP contribution in [0.3, 0.4) is 0 Å². The SMILES string of the molecule is COC(=O)C1(Nc2ccccc2Br)CSC(C)C1. The second-order valence-corrected chi connectivity index (χ2v) is 6.79. The molecule has 98 valence electrons. The molecular weight excluding hydrogens is 314 g/mol. The number of carbonyl (C=O) groups excluding carboxylic acids is 1. The molecular formula is C13H16BrNO2S. The average Bonchev–Trinajstić information content (AvgIpc) is 2.74. The van der Waals surface area contributed by atoms with Crippen LogP contribution in [-0.4, -0.2) is 29.6 Å². The van der Waals surface area contributed by atoms with Crippen LogP contribution in [0.4, 0.5) is 5.69 Å². The zero-order chi connectivity index (χ0) is 13.2. The maximum absolute atomic E-state index is 12.1. The highest BCUT2D eigenvalue weighted by Crippen LogP contribution is 2.38. The zero-order valence-corrected chi connectivity index (χ0v) is 12.8. The van der Waals surface area contributed by atoms with Crippen LogP contribution in [0.15, 0.2) is 28.7 Å². The van der Waals surface area contributed by atoms with Gasteiger partial charge in [0.2, 0.25) is 0 Å². The van der Waals surface area contributed by atoms with Crippen molar-refractivity contribution in [1.29, 1.82) is 0 Å². The van der Waals surface area contributed by atoms with Gasteiger partial charge in [-0.3, -0.25) is 0 Å². The fourth-order valence-corrected chi connectivity index (χ4v) is 3.85. The van der Waals surface area contributed by atoms with E-state index in [2.05, 4.69) is 28.2 Å². The molecule has 0 saturated carbocycles. The van der Waals surface area contributed by atoms with Gasteiger partial charge in [0, 0.05) is 21.2 Å². The Bertz CT molecular complexity index is 454. The van der Waals surface area contributed by atoms with Crippen LogP contribution in [0, 0.1) is 0 Å². The van der Waals surface area contributed by atoms with Crippen LogP contribution in [0.5, 0.6) is 0 Å². The van der Waals surface area contributed by atoms with Crippen molar-refractivity contribution in [3.8, 4) is 0 Å². The van der Waals surface area contributed by atoms with Crippen LogP contribution in [0.1, 0.15) is 13.3 Å². The van der Waals surface area contributed by atoms with E-state index < -0.39 is 5.54 Å². The van der Waals surface area contributed by atoms with E-state index in [0.29, 0.717) is 5.25 Å². The number of ether oxygens (including phenoxy) is 1. The lowest BCUT2D eigenvalue weighted by molar-refractivity contribution is -0.145. The third-order valence-corrected chi connectivity index (χ3v) is 5.16. The van der Waals surface area contributed by atoms with Crippen LogP contribution in [-0.2, 0) is 9.53 Å². The van der Waals surface area contributed by atoms with E-state index >= 15 is 0 Å². The van der Waals surface area contributed by atoms with E-state index in [0.717, 1.165) is 22.3 Å². The summed E-state index contributed by atoms with van der Waals surface area (Å²) in [6, 6.07) is 7.82. The molecule has 1 saturated heterocycles. The first-order valence-electron chi connectivity index (χ1n) is 5.80. The maximum atomic E-state index is 12.1. The molecule has 18 heavy (non-hydrogen) atoms. The number of thioether (sulfide) groups is 1. The molecule has 1 aliphatic heterocycles. The lowest BCUT2D eigenvalue weighted by atomic mass is 9.96. The molecule has 2 atom stereocenters. The van der Waals surface area contributed by atoms with Crippen LogP contribution in [0.25, 0.3) is 0 Å². The predicted molar refractivity (Wildman–Crippen MR) is 79.0 cm³/mol. The number of methoxy groups -OCH3 is 1. The second-order valence-electron chi connectivity index (χ2n) is 4.50. The molecule has 0 radical (unpaired) electrons. The molecule has 3 nitrogen and oxygen atoms in total. The van der Waals surface area contributed by atoms with E-state index in [4.69, 9.17) is 4.74 Å². The van der Waals surface area contributed by atoms with Crippen molar-refractivity contribution in [3.05, 3.63) is 28.7 Å². The predicted octanol–water partition coefficient (Wildman–Crippen LogP) is 3.30. The van der Waals surface area contributed by atoms with E-state index in [1.54, 1.807) is 11.8 Å². The molecule has 1 aromatic carbocycles. The van der Waals surface area contributed by atoms with Gasteiger partial charge >= 0.3 is 5.97 Å². The van der Waals surface area contributed by atoms with Gasteiger partial charge in [-0.2, -0.15) is 11.8 Å². The van der Waals surface area contributed by atoms with Gasteiger partial charge in [0.1, 0.15) is 5.54 Å². The summed E-state index contributed by atoms with van der Waals surface area (Å²) in [5.41, 5.74) is 0.320. The average molecular weight is 330 g/mol. The molecule has 1 aromatic rings. The first-order chi connectivity index (χ1) is 8.57. The molecule has 0 spiro atoms. The van der Waals surface area contributed by atoms with Crippen molar-refractivity contribution in [3.63, 3.8) is 0 Å². The molecule has 0 aliphatic carbocycles. The molecule has 2 unspecified atom stereocenters. The molecule has 0 bridgehead atoms. The molecule has 1 heterocycles. The van der Waals surface area contributed by atoms with Gasteiger partial charge in [0.15, 0.2) is 0 Å². The summed E-state index contributed by atoms with van der Waals surface area (Å²) in [6.45, 7) is 2.14. The van der Waals surface area contributed by atoms with Gasteiger partial charge in [-0.05, 0) is 34.5 Å². The van der Waals surface area contributed by atoms with E-state index in [1.807, 2.05) is 24.3 Å². The summed E-state index contributed by atoms with van der Waals surface area (Å²) in [4.78, 5) is 12.1. The Balaban J connectivity index is 2.27. The smallest absolute Gasteiger partial charge is 0.332 e. The Labute approximate surface area is 120 Å². The number of benzene rings is 1. The number of para-hydroxylation sites is 1. The minimum atomic E-state index is -0.608. The number of halogens is 1. The maximum Gasteiger partial charge on any atom is 0.332 e. The fourth-order valence-electron chi connectivity index (χ4n) is 2.19. The second kappa shape index (κ2) is 5.53. The number of hydrogen-bond donors (Lipinski definition) is 1. The van der Waals surface area contributed by atoms with Gasteiger partial charge in [-0.25, -0.2) is 4.79 Å². The Morgan fingerprint density at radius 2 is 2.28 bits per heavy atom. The van der Waals surface area contributed by atoms with Gasteiger partial charge in [0.05, 0.1) is 7.11 Å². The number of hydrogen-bond acceptors (Lipinski definition) is 4. The van der Waals surface area contributed by atoms with E-state index in [9.17, 15) is 4.79 Å². The quantitative estimate of drug-likeness (QED) is 0.863. The first kappa shape index (κ1) is 13.7. The van der Waals surface area contributed by atoms with Crippen molar-refractivity contribution >= 4 is 39.3 Å². The highest BCUT2D eigenvalue weighted by Gasteiger charge is 2.46. The van der Waals surface area contributed by atoms with Crippen LogP contribution in [0.2, 0.25) is 0 Å². The minimum absolute atomic E-state index is 0.185. The summed E-state index contributed by atoms with van der Waals surface area (Å²) in [6.07, 6.45) is 0.783. The Morgan fingerprint density at radius 3 is 2.83 bits per heavy atom. The van der Waals surface area contributed by atoms with E-state index in [1.165, 1.54) is 7.11 Å². The molecule has 1 fully saturated rings. The number of rotatable bonds is 3. The summed E-state index contributed by atoms with van der Waals surface area (Å²) in [5, 5.41) is 3.82. The molecule has 0 aromatic heterocycles. The summed E-state index contributed by atoms with van der Waals surface area (Å²) >= 11 is 5.29. The topological polar surface area (TPSA) is 38.3 Å². The Hall–Kier alpha value is -0.680. The van der Waals surface area contributed by atoms with Gasteiger partial charge in [-0.15, -0.1) is 0 Å². The Morgan fingerprint density at radius 1 is 1.56 bits per heavy atom. The van der Waals surface area contributed by atoms with Gasteiger partial charge in [-0.1, -0.05) is 19.1 Å². The fraction of sp³-hybridized carbons (Fsp3) is 0.462. The summed E-state index contributed by atoms with van der Waals surface area (Å²) in [5.74, 6) is 0.553. The number of esters is 1. The monoisotopic (exact) mass is 329 g/mol. The number of carbonyl (C=O) groups is 1. The lowest BCUT2D eigenvalue weighted by Crippen LogP contribution is -2.47. The Kier molecular flexibility index (Phi) is 4.22. The molecule has 1 N–H and O–H groups in total. The van der Waals surface area contributed by atoms with Crippen molar-refractivity contribution in [1.82, 2.24) is 0 Å². The number of nitrogens with one attached hydrogen (secondary N) is 1. The van der Waals surface area contributed by atoms with Gasteiger partial charge in [0.25, 0.3) is 0 Å². The molecule has 0 amide bonds. The number of anilines is 1. The van der Waals surface area contributed by atoms with Crippen molar-refractivity contribution < 1.29 is 9.53 Å². The third-order valence-electron chi connectivity index (χ3n) is 3.07. The largest absolute Gasteiger partial charge is 0.467 e. The van der Waals surface area contributed by atoms with Crippen LogP contribution < -0.4 is 5.32 Å². The standard InChI is InChI=1S/C13H16BrNO2S/c1-9-7-13(8-18-9,12(16)17-2)15-11-6-4-3-5-10(11)14/h3-6,9,15H,7-8H2,1-2H3. The first-order valence-corrected chi connectivity index (χ1v) is 7.64. The van der Waals surface area contributed by atoms with Crippen molar-refractivity contribution in [2.45, 2.75) is 24.1 Å². The molecule has 2 rings (SSSR count). The minimum Gasteiger partial charge on any atom is -0.467 e. The highest BCUT2D eigenvalue weighted by molar-refractivity contribution is 9.10. The summed E-state index contributed by atoms with van der Waals surface area (Å²) in [7, 11) is 1.44. The molecule has 5 heteroatoms.